The van der Waals surface area contributed by atoms with Gasteiger partial charge in [-0.25, -0.2) is 0 Å². The Kier molecular flexibility index (Phi) is 3.74. The Morgan fingerprint density at radius 1 is 1.25 bits per heavy atom. The van der Waals surface area contributed by atoms with E-state index in [1.54, 1.807) is 0 Å². The summed E-state index contributed by atoms with van der Waals surface area (Å²) in [5.41, 5.74) is 3.63. The van der Waals surface area contributed by atoms with Gasteiger partial charge in [0.25, 0.3) is 0 Å². The highest BCUT2D eigenvalue weighted by molar-refractivity contribution is 9.10. The molecule has 84 valence electrons. The number of benzene rings is 1. The van der Waals surface area contributed by atoms with E-state index in [4.69, 9.17) is 0 Å². The van der Waals surface area contributed by atoms with Gasteiger partial charge in [0.1, 0.15) is 0 Å². The summed E-state index contributed by atoms with van der Waals surface area (Å²) in [7, 11) is 0. The highest BCUT2D eigenvalue weighted by atomic mass is 79.9. The van der Waals surface area contributed by atoms with Crippen molar-refractivity contribution in [3.63, 3.8) is 0 Å². The molecule has 0 saturated carbocycles. The smallest absolute Gasteiger partial charge is 0.0535 e. The van der Waals surface area contributed by atoms with Crippen molar-refractivity contribution >= 4 is 15.9 Å². The van der Waals surface area contributed by atoms with Crippen LogP contribution in [0.3, 0.4) is 0 Å². The Bertz CT molecular complexity index is 448. The Balaban J connectivity index is 1.84. The van der Waals surface area contributed by atoms with Gasteiger partial charge in [-0.15, -0.1) is 0 Å². The SMILES string of the molecule is Cc1[nH]ncc1CNCc1ccc(Br)cc1. The van der Waals surface area contributed by atoms with Crippen molar-refractivity contribution < 1.29 is 0 Å². The maximum Gasteiger partial charge on any atom is 0.0535 e. The minimum atomic E-state index is 0.846. The number of hydrogen-bond acceptors (Lipinski definition) is 2. The van der Waals surface area contributed by atoms with Crippen molar-refractivity contribution in [1.29, 1.82) is 0 Å². The Hall–Kier alpha value is -1.13. The summed E-state index contributed by atoms with van der Waals surface area (Å²) in [5.74, 6) is 0. The molecule has 0 saturated heterocycles. The number of halogens is 1. The molecule has 3 nitrogen and oxygen atoms in total. The zero-order chi connectivity index (χ0) is 11.4. The number of nitrogens with one attached hydrogen (secondary N) is 2. The van der Waals surface area contributed by atoms with Crippen LogP contribution in [-0.4, -0.2) is 10.2 Å². The molecular formula is C12H14BrN3. The van der Waals surface area contributed by atoms with Gasteiger partial charge in [0, 0.05) is 28.8 Å². The molecular weight excluding hydrogens is 266 g/mol. The number of rotatable bonds is 4. The topological polar surface area (TPSA) is 40.7 Å². The summed E-state index contributed by atoms with van der Waals surface area (Å²) in [6, 6.07) is 8.33. The number of aromatic amines is 1. The van der Waals surface area contributed by atoms with Gasteiger partial charge in [-0.1, -0.05) is 28.1 Å². The molecule has 0 amide bonds. The monoisotopic (exact) mass is 279 g/mol. The lowest BCUT2D eigenvalue weighted by atomic mass is 10.2. The van der Waals surface area contributed by atoms with Gasteiger partial charge in [-0.3, -0.25) is 5.10 Å². The zero-order valence-electron chi connectivity index (χ0n) is 9.13. The predicted molar refractivity (Wildman–Crippen MR) is 68.0 cm³/mol. The van der Waals surface area contributed by atoms with Crippen LogP contribution < -0.4 is 5.32 Å². The van der Waals surface area contributed by atoms with Gasteiger partial charge in [0.2, 0.25) is 0 Å². The third-order valence-electron chi connectivity index (χ3n) is 2.49. The van der Waals surface area contributed by atoms with Crippen LogP contribution >= 0.6 is 15.9 Å². The van der Waals surface area contributed by atoms with Crippen LogP contribution in [0.2, 0.25) is 0 Å². The number of aromatic nitrogens is 2. The second kappa shape index (κ2) is 5.27. The third kappa shape index (κ3) is 2.93. The van der Waals surface area contributed by atoms with E-state index in [1.165, 1.54) is 11.1 Å². The molecule has 16 heavy (non-hydrogen) atoms. The van der Waals surface area contributed by atoms with E-state index in [1.807, 2.05) is 13.1 Å². The van der Waals surface area contributed by atoms with E-state index in [0.717, 1.165) is 23.3 Å². The number of nitrogens with zero attached hydrogens (tertiary/aromatic N) is 1. The van der Waals surface area contributed by atoms with Gasteiger partial charge in [-0.05, 0) is 24.6 Å². The van der Waals surface area contributed by atoms with E-state index in [-0.39, 0.29) is 0 Å². The van der Waals surface area contributed by atoms with Crippen LogP contribution in [0.15, 0.2) is 34.9 Å². The maximum atomic E-state index is 3.99. The van der Waals surface area contributed by atoms with E-state index in [0.29, 0.717) is 0 Å². The molecule has 0 fully saturated rings. The van der Waals surface area contributed by atoms with E-state index < -0.39 is 0 Å². The van der Waals surface area contributed by atoms with Crippen LogP contribution in [0.4, 0.5) is 0 Å². The van der Waals surface area contributed by atoms with Crippen LogP contribution in [0.5, 0.6) is 0 Å². The van der Waals surface area contributed by atoms with Crippen LogP contribution in [0, 0.1) is 6.92 Å². The highest BCUT2D eigenvalue weighted by Crippen LogP contribution is 2.10. The first-order valence-electron chi connectivity index (χ1n) is 5.20. The lowest BCUT2D eigenvalue weighted by molar-refractivity contribution is 0.691. The van der Waals surface area contributed by atoms with Gasteiger partial charge in [0.05, 0.1) is 6.20 Å². The second-order valence-corrected chi connectivity index (χ2v) is 4.67. The highest BCUT2D eigenvalue weighted by Gasteiger charge is 1.99. The largest absolute Gasteiger partial charge is 0.308 e. The average Bonchev–Trinajstić information content (AvgIpc) is 2.68. The normalized spacial score (nSPS) is 10.6. The van der Waals surface area contributed by atoms with E-state index >= 15 is 0 Å². The van der Waals surface area contributed by atoms with E-state index in [9.17, 15) is 0 Å². The molecule has 0 aliphatic carbocycles. The zero-order valence-corrected chi connectivity index (χ0v) is 10.7. The molecule has 0 aliphatic rings. The second-order valence-electron chi connectivity index (χ2n) is 3.75. The molecule has 0 atom stereocenters. The molecule has 0 aliphatic heterocycles. The summed E-state index contributed by atoms with van der Waals surface area (Å²) >= 11 is 3.42. The van der Waals surface area contributed by atoms with Crippen molar-refractivity contribution in [2.45, 2.75) is 20.0 Å². The van der Waals surface area contributed by atoms with Crippen molar-refractivity contribution in [1.82, 2.24) is 15.5 Å². The summed E-state index contributed by atoms with van der Waals surface area (Å²) in [6.07, 6.45) is 1.86. The summed E-state index contributed by atoms with van der Waals surface area (Å²) in [4.78, 5) is 0. The Labute approximate surface area is 103 Å². The molecule has 2 N–H and O–H groups in total. The summed E-state index contributed by atoms with van der Waals surface area (Å²) < 4.78 is 1.11. The predicted octanol–water partition coefficient (Wildman–Crippen LogP) is 2.77. The average molecular weight is 280 g/mol. The number of hydrogen-bond donors (Lipinski definition) is 2. The van der Waals surface area contributed by atoms with Gasteiger partial charge in [0.15, 0.2) is 0 Å². The molecule has 0 unspecified atom stereocenters. The lowest BCUT2D eigenvalue weighted by Crippen LogP contribution is -2.12. The van der Waals surface area contributed by atoms with Crippen LogP contribution in [-0.2, 0) is 13.1 Å². The number of aryl methyl sites for hydroxylation is 1. The molecule has 0 radical (unpaired) electrons. The molecule has 0 bridgehead atoms. The van der Waals surface area contributed by atoms with Crippen LogP contribution in [0.1, 0.15) is 16.8 Å². The van der Waals surface area contributed by atoms with Crippen LogP contribution in [0.25, 0.3) is 0 Å². The minimum Gasteiger partial charge on any atom is -0.308 e. The molecule has 2 rings (SSSR count). The standard InChI is InChI=1S/C12H14BrN3/c1-9-11(8-15-16-9)7-14-6-10-2-4-12(13)5-3-10/h2-5,8,14H,6-7H2,1H3,(H,15,16). The first-order valence-corrected chi connectivity index (χ1v) is 5.99. The molecule has 1 aromatic carbocycles. The summed E-state index contributed by atoms with van der Waals surface area (Å²) in [6.45, 7) is 3.75. The maximum absolute atomic E-state index is 3.99. The van der Waals surface area contributed by atoms with E-state index in [2.05, 4.69) is 55.7 Å². The molecule has 0 spiro atoms. The first-order chi connectivity index (χ1) is 7.75. The van der Waals surface area contributed by atoms with Crippen molar-refractivity contribution in [2.24, 2.45) is 0 Å². The fourth-order valence-electron chi connectivity index (χ4n) is 1.50. The summed E-state index contributed by atoms with van der Waals surface area (Å²) in [5, 5.41) is 10.3. The lowest BCUT2D eigenvalue weighted by Gasteiger charge is -2.04. The molecule has 1 aromatic heterocycles. The fourth-order valence-corrected chi connectivity index (χ4v) is 1.76. The first kappa shape index (κ1) is 11.4. The molecule has 2 aromatic rings. The van der Waals surface area contributed by atoms with Crippen molar-refractivity contribution in [3.8, 4) is 0 Å². The number of H-pyrrole nitrogens is 1. The van der Waals surface area contributed by atoms with Gasteiger partial charge in [-0.2, -0.15) is 5.10 Å². The molecule has 4 heteroatoms. The quantitative estimate of drug-likeness (QED) is 0.904. The Morgan fingerprint density at radius 2 is 2.00 bits per heavy atom. The van der Waals surface area contributed by atoms with Gasteiger partial charge >= 0.3 is 0 Å². The van der Waals surface area contributed by atoms with Crippen molar-refractivity contribution in [3.05, 3.63) is 51.8 Å². The third-order valence-corrected chi connectivity index (χ3v) is 3.02. The fraction of sp³-hybridized carbons (Fsp3) is 0.250. The Morgan fingerprint density at radius 3 is 2.62 bits per heavy atom. The minimum absolute atomic E-state index is 0.846. The molecule has 1 heterocycles. The van der Waals surface area contributed by atoms with Gasteiger partial charge < -0.3 is 5.32 Å². The van der Waals surface area contributed by atoms with Crippen molar-refractivity contribution in [2.75, 3.05) is 0 Å².